The van der Waals surface area contributed by atoms with Crippen LogP contribution in [-0.4, -0.2) is 24.9 Å². The summed E-state index contributed by atoms with van der Waals surface area (Å²) < 4.78 is 0. The van der Waals surface area contributed by atoms with Crippen LogP contribution in [-0.2, 0) is 4.79 Å². The van der Waals surface area contributed by atoms with E-state index in [2.05, 4.69) is 22.5 Å². The van der Waals surface area contributed by atoms with Crippen LogP contribution in [0, 0.1) is 11.8 Å². The smallest absolute Gasteiger partial charge is 0.253 e. The van der Waals surface area contributed by atoms with Crippen LogP contribution in [0.15, 0.2) is 48.5 Å². The van der Waals surface area contributed by atoms with Gasteiger partial charge in [0.2, 0.25) is 5.91 Å². The maximum atomic E-state index is 13.3. The molecule has 0 bridgehead atoms. The molecule has 0 radical (unpaired) electrons. The third-order valence-electron chi connectivity index (χ3n) is 6.76. The number of benzene rings is 2. The molecule has 1 saturated carbocycles. The summed E-state index contributed by atoms with van der Waals surface area (Å²) >= 11 is 0. The second-order valence-electron chi connectivity index (χ2n) is 9.12. The number of carbonyl (C=O) groups excluding carboxylic acids is 2. The fourth-order valence-electron chi connectivity index (χ4n) is 4.34. The molecule has 4 rings (SSSR count). The maximum absolute atomic E-state index is 13.3. The van der Waals surface area contributed by atoms with Crippen molar-refractivity contribution in [2.24, 2.45) is 11.8 Å². The van der Waals surface area contributed by atoms with Crippen molar-refractivity contribution in [1.82, 2.24) is 5.32 Å². The van der Waals surface area contributed by atoms with Crippen LogP contribution in [0.4, 0.5) is 11.4 Å². The van der Waals surface area contributed by atoms with Gasteiger partial charge < -0.3 is 15.5 Å². The summed E-state index contributed by atoms with van der Waals surface area (Å²) in [6.45, 7) is 6.18. The van der Waals surface area contributed by atoms with Crippen molar-refractivity contribution >= 4 is 23.2 Å². The Hall–Kier alpha value is -2.82. The molecule has 1 aliphatic carbocycles. The van der Waals surface area contributed by atoms with E-state index >= 15 is 0 Å². The first kappa shape index (κ1) is 21.4. The third-order valence-corrected chi connectivity index (χ3v) is 6.76. The molecule has 5 heteroatoms. The Morgan fingerprint density at radius 2 is 1.71 bits per heavy atom. The van der Waals surface area contributed by atoms with Crippen molar-refractivity contribution in [3.05, 3.63) is 59.7 Å². The number of anilines is 2. The second-order valence-corrected chi connectivity index (χ2v) is 9.12. The van der Waals surface area contributed by atoms with Crippen molar-refractivity contribution in [3.8, 4) is 0 Å². The van der Waals surface area contributed by atoms with Crippen molar-refractivity contribution in [3.63, 3.8) is 0 Å². The van der Waals surface area contributed by atoms with Crippen LogP contribution in [0.1, 0.15) is 67.9 Å². The molecule has 1 saturated heterocycles. The first-order valence-electron chi connectivity index (χ1n) is 11.6. The molecule has 2 aromatic carbocycles. The van der Waals surface area contributed by atoms with Gasteiger partial charge in [-0.2, -0.15) is 0 Å². The van der Waals surface area contributed by atoms with Gasteiger partial charge in [0.05, 0.1) is 11.6 Å². The molecule has 1 atom stereocenters. The van der Waals surface area contributed by atoms with Gasteiger partial charge >= 0.3 is 0 Å². The lowest BCUT2D eigenvalue weighted by Crippen LogP contribution is -2.35. The quantitative estimate of drug-likeness (QED) is 0.680. The first-order valence-corrected chi connectivity index (χ1v) is 11.6. The Kier molecular flexibility index (Phi) is 6.59. The highest BCUT2D eigenvalue weighted by Gasteiger charge is 2.26. The molecule has 2 N–H and O–H groups in total. The summed E-state index contributed by atoms with van der Waals surface area (Å²) in [6, 6.07) is 15.6. The largest absolute Gasteiger partial charge is 0.371 e. The number of nitrogens with zero attached hydrogens (tertiary/aromatic N) is 1. The van der Waals surface area contributed by atoms with Crippen LogP contribution < -0.4 is 15.5 Å². The van der Waals surface area contributed by atoms with Gasteiger partial charge in [-0.25, -0.2) is 0 Å². The van der Waals surface area contributed by atoms with Gasteiger partial charge in [-0.05, 0) is 62.3 Å². The highest BCUT2D eigenvalue weighted by molar-refractivity contribution is 6.02. The monoisotopic (exact) mass is 419 g/mol. The van der Waals surface area contributed by atoms with Gasteiger partial charge in [0.15, 0.2) is 0 Å². The molecule has 2 aliphatic rings. The molecule has 0 spiro atoms. The lowest BCUT2D eigenvalue weighted by atomic mass is 9.85. The summed E-state index contributed by atoms with van der Waals surface area (Å²) in [5.74, 6) is 0.783. The number of carbonyl (C=O) groups is 2. The first-order chi connectivity index (χ1) is 15.0. The normalized spacial score (nSPS) is 18.2. The van der Waals surface area contributed by atoms with Crippen molar-refractivity contribution < 1.29 is 9.59 Å². The summed E-state index contributed by atoms with van der Waals surface area (Å²) in [6.07, 6.45) is 5.29. The van der Waals surface area contributed by atoms with Crippen LogP contribution >= 0.6 is 0 Å². The summed E-state index contributed by atoms with van der Waals surface area (Å²) in [7, 11) is 0. The van der Waals surface area contributed by atoms with Gasteiger partial charge in [-0.15, -0.1) is 0 Å². The molecule has 0 unspecified atom stereocenters. The molecular weight excluding hydrogens is 386 g/mol. The molecule has 2 fully saturated rings. The number of amides is 2. The Balaban J connectivity index is 1.57. The molecule has 2 aromatic rings. The van der Waals surface area contributed by atoms with Crippen LogP contribution in [0.3, 0.4) is 0 Å². The predicted octanol–water partition coefficient (Wildman–Crippen LogP) is 5.15. The van der Waals surface area contributed by atoms with Crippen molar-refractivity contribution in [2.75, 3.05) is 23.3 Å². The topological polar surface area (TPSA) is 61.4 Å². The van der Waals surface area contributed by atoms with E-state index in [-0.39, 0.29) is 23.8 Å². The zero-order valence-corrected chi connectivity index (χ0v) is 18.6. The van der Waals surface area contributed by atoms with E-state index < -0.39 is 0 Å². The Morgan fingerprint density at radius 3 is 2.35 bits per heavy atom. The molecule has 2 amide bonds. The van der Waals surface area contributed by atoms with E-state index in [1.807, 2.05) is 55.5 Å². The highest BCUT2D eigenvalue weighted by Crippen LogP contribution is 2.31. The van der Waals surface area contributed by atoms with Crippen LogP contribution in [0.25, 0.3) is 0 Å². The Morgan fingerprint density at radius 1 is 1.00 bits per heavy atom. The van der Waals surface area contributed by atoms with Gasteiger partial charge in [0, 0.05) is 30.4 Å². The van der Waals surface area contributed by atoms with E-state index in [9.17, 15) is 9.59 Å². The molecule has 1 heterocycles. The van der Waals surface area contributed by atoms with Crippen LogP contribution in [0.5, 0.6) is 0 Å². The Bertz CT molecular complexity index is 916. The van der Waals surface area contributed by atoms with Gasteiger partial charge in [-0.1, -0.05) is 43.7 Å². The number of rotatable bonds is 6. The zero-order valence-electron chi connectivity index (χ0n) is 18.6. The molecule has 0 aromatic heterocycles. The Labute approximate surface area is 185 Å². The summed E-state index contributed by atoms with van der Waals surface area (Å²) in [5, 5.41) is 6.17. The summed E-state index contributed by atoms with van der Waals surface area (Å²) in [5.41, 5.74) is 3.34. The number of piperidine rings is 1. The van der Waals surface area contributed by atoms with E-state index in [4.69, 9.17) is 0 Å². The lowest BCUT2D eigenvalue weighted by molar-refractivity contribution is -0.122. The fourth-order valence-corrected chi connectivity index (χ4v) is 4.34. The third kappa shape index (κ3) is 5.09. The van der Waals surface area contributed by atoms with Crippen molar-refractivity contribution in [2.45, 2.75) is 52.0 Å². The number of nitrogens with one attached hydrogen (secondary N) is 2. The molecule has 31 heavy (non-hydrogen) atoms. The molecule has 164 valence electrons. The van der Waals surface area contributed by atoms with Crippen LogP contribution in [0.2, 0.25) is 0 Å². The minimum absolute atomic E-state index is 0.0646. The average Bonchev–Trinajstić information content (AvgIpc) is 2.73. The SMILES string of the molecule is CC1CCN(c2ccc(NC(=O)C3CCC3)cc2C(=O)N[C@H](C)c2ccccc2)CC1. The maximum Gasteiger partial charge on any atom is 0.253 e. The minimum atomic E-state index is -0.107. The number of hydrogen-bond donors (Lipinski definition) is 2. The molecule has 5 nitrogen and oxygen atoms in total. The highest BCUT2D eigenvalue weighted by atomic mass is 16.2. The fraction of sp³-hybridized carbons (Fsp3) is 0.462. The van der Waals surface area contributed by atoms with Gasteiger partial charge in [-0.3, -0.25) is 9.59 Å². The van der Waals surface area contributed by atoms with E-state index in [0.717, 1.165) is 56.4 Å². The van der Waals surface area contributed by atoms with Gasteiger partial charge in [0.1, 0.15) is 0 Å². The van der Waals surface area contributed by atoms with Gasteiger partial charge in [0.25, 0.3) is 5.91 Å². The summed E-state index contributed by atoms with van der Waals surface area (Å²) in [4.78, 5) is 28.1. The minimum Gasteiger partial charge on any atom is -0.371 e. The molecular formula is C26H33N3O2. The number of hydrogen-bond acceptors (Lipinski definition) is 3. The predicted molar refractivity (Wildman–Crippen MR) is 125 cm³/mol. The van der Waals surface area contributed by atoms with E-state index in [0.29, 0.717) is 17.2 Å². The lowest BCUT2D eigenvalue weighted by Gasteiger charge is -2.33. The van der Waals surface area contributed by atoms with E-state index in [1.54, 1.807) is 0 Å². The van der Waals surface area contributed by atoms with E-state index in [1.165, 1.54) is 0 Å². The average molecular weight is 420 g/mol. The van der Waals surface area contributed by atoms with Crippen molar-refractivity contribution in [1.29, 1.82) is 0 Å². The standard InChI is InChI=1S/C26H33N3O2/c1-18-13-15-29(16-14-18)24-12-11-22(28-25(30)21-9-6-10-21)17-23(24)26(31)27-19(2)20-7-4-3-5-8-20/h3-5,7-8,11-12,17-19,21H,6,9-10,13-16H2,1-2H3,(H,27,31)(H,28,30)/t19-/m1/s1. The molecule has 1 aliphatic heterocycles. The second kappa shape index (κ2) is 9.54. The zero-order chi connectivity index (χ0) is 21.8.